The number of hydrogen-bond donors (Lipinski definition) is 0. The lowest BCUT2D eigenvalue weighted by molar-refractivity contribution is -0.132. The lowest BCUT2D eigenvalue weighted by Gasteiger charge is -2.25. The van der Waals surface area contributed by atoms with Crippen molar-refractivity contribution in [1.29, 1.82) is 0 Å². The van der Waals surface area contributed by atoms with Crippen LogP contribution in [0.4, 0.5) is 4.79 Å². The van der Waals surface area contributed by atoms with Crippen molar-refractivity contribution < 1.29 is 14.3 Å². The Morgan fingerprint density at radius 1 is 1.09 bits per heavy atom. The molecule has 128 valence electrons. The average Bonchev–Trinajstić information content (AvgIpc) is 2.71. The molecule has 0 atom stereocenters. The maximum atomic E-state index is 12.2. The van der Waals surface area contributed by atoms with Gasteiger partial charge in [-0.3, -0.25) is 9.69 Å². The number of likely N-dealkylation sites (N-methyl/N-ethyl adjacent to an activating group) is 1. The third-order valence-corrected chi connectivity index (χ3v) is 3.86. The number of carbonyl (C=O) groups excluding carboxylic acids is 2. The number of nitrogens with zero attached hydrogens (tertiary/aromatic N) is 3. The van der Waals surface area contributed by atoms with Crippen LogP contribution in [0.3, 0.4) is 0 Å². The lowest BCUT2D eigenvalue weighted by Crippen LogP contribution is -2.42. The molecule has 0 saturated carbocycles. The van der Waals surface area contributed by atoms with Crippen molar-refractivity contribution in [2.45, 2.75) is 34.1 Å². The summed E-state index contributed by atoms with van der Waals surface area (Å²) in [7, 11) is 0. The van der Waals surface area contributed by atoms with Crippen molar-refractivity contribution in [3.63, 3.8) is 0 Å². The molecule has 1 aliphatic rings. The van der Waals surface area contributed by atoms with Crippen LogP contribution in [-0.2, 0) is 9.53 Å². The summed E-state index contributed by atoms with van der Waals surface area (Å²) in [6.07, 6.45) is 0.646. The van der Waals surface area contributed by atoms with Crippen molar-refractivity contribution in [3.05, 3.63) is 0 Å². The smallest absolute Gasteiger partial charge is 0.409 e. The number of ether oxygens (including phenoxy) is 1. The van der Waals surface area contributed by atoms with Gasteiger partial charge in [-0.1, -0.05) is 13.8 Å². The minimum Gasteiger partial charge on any atom is -0.449 e. The fourth-order valence-electron chi connectivity index (χ4n) is 2.51. The molecule has 0 unspecified atom stereocenters. The van der Waals surface area contributed by atoms with Crippen molar-refractivity contribution >= 4 is 12.0 Å². The van der Waals surface area contributed by atoms with Gasteiger partial charge in [-0.05, 0) is 26.2 Å². The average molecular weight is 313 g/mol. The summed E-state index contributed by atoms with van der Waals surface area (Å²) in [6, 6.07) is 0. The van der Waals surface area contributed by atoms with E-state index in [1.807, 2.05) is 32.6 Å². The quantitative estimate of drug-likeness (QED) is 0.748. The van der Waals surface area contributed by atoms with Crippen molar-refractivity contribution in [2.24, 2.45) is 5.92 Å². The Labute approximate surface area is 134 Å². The molecule has 0 aromatic heterocycles. The monoisotopic (exact) mass is 313 g/mol. The van der Waals surface area contributed by atoms with Crippen LogP contribution in [0, 0.1) is 5.92 Å². The standard InChI is InChI=1S/C16H31N3O3/c1-5-18(6-2)15(20)12-17-8-7-9-19(11-10-17)16(21)22-13-14(3)4/h14H,5-13H2,1-4H3. The zero-order valence-electron chi connectivity index (χ0n) is 14.5. The Kier molecular flexibility index (Phi) is 8.24. The zero-order valence-corrected chi connectivity index (χ0v) is 14.5. The Hall–Kier alpha value is -1.30. The molecule has 6 nitrogen and oxygen atoms in total. The molecular formula is C16H31N3O3. The fraction of sp³-hybridized carbons (Fsp3) is 0.875. The molecule has 22 heavy (non-hydrogen) atoms. The number of hydrogen-bond acceptors (Lipinski definition) is 4. The maximum Gasteiger partial charge on any atom is 0.409 e. The molecule has 1 aliphatic heterocycles. The van der Waals surface area contributed by atoms with E-state index in [1.54, 1.807) is 4.90 Å². The van der Waals surface area contributed by atoms with Gasteiger partial charge in [0.2, 0.25) is 5.91 Å². The molecule has 6 heteroatoms. The second-order valence-corrected chi connectivity index (χ2v) is 6.15. The SMILES string of the molecule is CCN(CC)C(=O)CN1CCCN(C(=O)OCC(C)C)CC1. The fourth-order valence-corrected chi connectivity index (χ4v) is 2.51. The molecular weight excluding hydrogens is 282 g/mol. The maximum absolute atomic E-state index is 12.2. The second kappa shape index (κ2) is 9.66. The minimum atomic E-state index is -0.231. The van der Waals surface area contributed by atoms with E-state index in [1.165, 1.54) is 0 Å². The first-order chi connectivity index (χ1) is 10.5. The minimum absolute atomic E-state index is 0.167. The molecule has 0 aromatic carbocycles. The lowest BCUT2D eigenvalue weighted by atomic mass is 10.2. The number of carbonyl (C=O) groups is 2. The van der Waals surface area contributed by atoms with Gasteiger partial charge in [-0.15, -0.1) is 0 Å². The first-order valence-electron chi connectivity index (χ1n) is 8.39. The number of rotatable bonds is 6. The first kappa shape index (κ1) is 18.7. The van der Waals surface area contributed by atoms with Gasteiger partial charge in [0.1, 0.15) is 0 Å². The highest BCUT2D eigenvalue weighted by Gasteiger charge is 2.22. The van der Waals surface area contributed by atoms with E-state index in [4.69, 9.17) is 4.74 Å². The number of amides is 2. The van der Waals surface area contributed by atoms with Crippen LogP contribution in [0.2, 0.25) is 0 Å². The predicted octanol–water partition coefficient (Wildman–Crippen LogP) is 1.66. The molecule has 1 heterocycles. The van der Waals surface area contributed by atoms with E-state index in [9.17, 15) is 9.59 Å². The Bertz CT molecular complexity index is 357. The van der Waals surface area contributed by atoms with Crippen LogP contribution < -0.4 is 0 Å². The molecule has 0 N–H and O–H groups in total. The van der Waals surface area contributed by atoms with Gasteiger partial charge in [0.25, 0.3) is 0 Å². The predicted molar refractivity (Wildman–Crippen MR) is 86.7 cm³/mol. The highest BCUT2D eigenvalue weighted by atomic mass is 16.6. The molecule has 1 saturated heterocycles. The summed E-state index contributed by atoms with van der Waals surface area (Å²) < 4.78 is 5.28. The van der Waals surface area contributed by atoms with E-state index < -0.39 is 0 Å². The molecule has 0 spiro atoms. The summed E-state index contributed by atoms with van der Waals surface area (Å²) >= 11 is 0. The molecule has 0 aliphatic carbocycles. The van der Waals surface area contributed by atoms with Crippen molar-refractivity contribution in [2.75, 3.05) is 52.4 Å². The molecule has 1 rings (SSSR count). The summed E-state index contributed by atoms with van der Waals surface area (Å²) in [5, 5.41) is 0. The molecule has 0 radical (unpaired) electrons. The Morgan fingerprint density at radius 3 is 2.36 bits per heavy atom. The van der Waals surface area contributed by atoms with Crippen molar-refractivity contribution in [3.8, 4) is 0 Å². The normalized spacial score (nSPS) is 16.5. The van der Waals surface area contributed by atoms with E-state index in [0.717, 1.165) is 32.6 Å². The van der Waals surface area contributed by atoms with Gasteiger partial charge in [0.15, 0.2) is 0 Å². The van der Waals surface area contributed by atoms with Crippen LogP contribution >= 0.6 is 0 Å². The van der Waals surface area contributed by atoms with E-state index >= 15 is 0 Å². The molecule has 0 aromatic rings. The molecule has 0 bridgehead atoms. The largest absolute Gasteiger partial charge is 0.449 e. The van der Waals surface area contributed by atoms with Crippen LogP contribution in [0.25, 0.3) is 0 Å². The van der Waals surface area contributed by atoms with Crippen LogP contribution in [-0.4, -0.2) is 79.1 Å². The van der Waals surface area contributed by atoms with Gasteiger partial charge in [-0.2, -0.15) is 0 Å². The Balaban J connectivity index is 2.42. The van der Waals surface area contributed by atoms with Crippen LogP contribution in [0.15, 0.2) is 0 Å². The van der Waals surface area contributed by atoms with Gasteiger partial charge in [0, 0.05) is 39.3 Å². The van der Waals surface area contributed by atoms with Gasteiger partial charge in [-0.25, -0.2) is 4.79 Å². The first-order valence-corrected chi connectivity index (χ1v) is 8.39. The summed E-state index contributed by atoms with van der Waals surface area (Å²) in [4.78, 5) is 29.9. The third-order valence-electron chi connectivity index (χ3n) is 3.86. The zero-order chi connectivity index (χ0) is 16.5. The third kappa shape index (κ3) is 6.22. The second-order valence-electron chi connectivity index (χ2n) is 6.15. The highest BCUT2D eigenvalue weighted by Crippen LogP contribution is 2.06. The summed E-state index contributed by atoms with van der Waals surface area (Å²) in [5.41, 5.74) is 0. The van der Waals surface area contributed by atoms with Crippen LogP contribution in [0.1, 0.15) is 34.1 Å². The van der Waals surface area contributed by atoms with E-state index in [-0.39, 0.29) is 12.0 Å². The highest BCUT2D eigenvalue weighted by molar-refractivity contribution is 5.78. The van der Waals surface area contributed by atoms with Gasteiger partial charge >= 0.3 is 6.09 Å². The molecule has 1 fully saturated rings. The Morgan fingerprint density at radius 2 is 1.77 bits per heavy atom. The summed E-state index contributed by atoms with van der Waals surface area (Å²) in [5.74, 6) is 0.514. The molecule has 2 amide bonds. The van der Waals surface area contributed by atoms with Gasteiger partial charge in [0.05, 0.1) is 13.2 Å². The van der Waals surface area contributed by atoms with Gasteiger partial charge < -0.3 is 14.5 Å². The summed E-state index contributed by atoms with van der Waals surface area (Å²) in [6.45, 7) is 13.3. The van der Waals surface area contributed by atoms with E-state index in [0.29, 0.717) is 32.2 Å². The topological polar surface area (TPSA) is 53.1 Å². The van der Waals surface area contributed by atoms with Crippen molar-refractivity contribution in [1.82, 2.24) is 14.7 Å². The van der Waals surface area contributed by atoms with Crippen LogP contribution in [0.5, 0.6) is 0 Å². The van der Waals surface area contributed by atoms with E-state index in [2.05, 4.69) is 4.90 Å².